The van der Waals surface area contributed by atoms with Crippen LogP contribution in [0.4, 0.5) is 0 Å². The van der Waals surface area contributed by atoms with E-state index in [-0.39, 0.29) is 57.3 Å². The third-order valence-electron chi connectivity index (χ3n) is 1.98. The van der Waals surface area contributed by atoms with Gasteiger partial charge in [-0.25, -0.2) is 4.79 Å². The summed E-state index contributed by atoms with van der Waals surface area (Å²) in [6.45, 7) is 0. The molecule has 0 spiro atoms. The molecule has 0 radical (unpaired) electrons. The summed E-state index contributed by atoms with van der Waals surface area (Å²) in [6.07, 6.45) is 3.37. The first-order valence-corrected chi connectivity index (χ1v) is 3.79. The Hall–Kier alpha value is 0.251. The minimum atomic E-state index is -1.11. The normalized spacial score (nSPS) is 21.2. The molecule has 0 heterocycles. The quantitative estimate of drug-likeness (QED) is 0.737. The second kappa shape index (κ2) is 5.87. The van der Waals surface area contributed by atoms with E-state index in [2.05, 4.69) is 0 Å². The maximum absolute atomic E-state index is 10.6. The molecule has 0 bridgehead atoms. The third-order valence-corrected chi connectivity index (χ3v) is 1.98. The Labute approximate surface area is 119 Å². The SMILES string of the molecule is O=C(O)C1=CCCCC1C(=O)O.[Ba+2].[H-].[H-]. The fourth-order valence-corrected chi connectivity index (χ4v) is 1.37. The van der Waals surface area contributed by atoms with Crippen molar-refractivity contribution in [2.75, 3.05) is 0 Å². The van der Waals surface area contributed by atoms with Crippen LogP contribution in [0.1, 0.15) is 22.1 Å². The van der Waals surface area contributed by atoms with Crippen molar-refractivity contribution in [2.24, 2.45) is 5.92 Å². The predicted molar refractivity (Wildman–Crippen MR) is 48.7 cm³/mol. The molecule has 1 aliphatic carbocycles. The Kier molecular flexibility index (Phi) is 5.99. The summed E-state index contributed by atoms with van der Waals surface area (Å²) < 4.78 is 0. The van der Waals surface area contributed by atoms with E-state index in [1.165, 1.54) is 6.08 Å². The maximum atomic E-state index is 10.6. The Balaban J connectivity index is -0.000000480. The molecule has 0 aromatic carbocycles. The summed E-state index contributed by atoms with van der Waals surface area (Å²) in [6, 6.07) is 0. The minimum absolute atomic E-state index is 0. The molecule has 70 valence electrons. The number of aliphatic carboxylic acids is 2. The van der Waals surface area contributed by atoms with Crippen LogP contribution in [0.3, 0.4) is 0 Å². The second-order valence-electron chi connectivity index (χ2n) is 2.79. The molecule has 13 heavy (non-hydrogen) atoms. The van der Waals surface area contributed by atoms with Crippen molar-refractivity contribution < 1.29 is 22.7 Å². The molecule has 0 aromatic rings. The molecule has 0 saturated carbocycles. The molecule has 2 N–H and O–H groups in total. The van der Waals surface area contributed by atoms with Gasteiger partial charge < -0.3 is 13.1 Å². The van der Waals surface area contributed by atoms with Gasteiger partial charge in [0.1, 0.15) is 0 Å². The predicted octanol–water partition coefficient (Wildman–Crippen LogP) is 0.726. The first kappa shape index (κ1) is 13.3. The van der Waals surface area contributed by atoms with Gasteiger partial charge >= 0.3 is 60.8 Å². The third kappa shape index (κ3) is 3.47. The molecule has 0 aliphatic heterocycles. The van der Waals surface area contributed by atoms with Crippen molar-refractivity contribution in [1.29, 1.82) is 0 Å². The van der Waals surface area contributed by atoms with Gasteiger partial charge in [-0.1, -0.05) is 6.08 Å². The van der Waals surface area contributed by atoms with Gasteiger partial charge in [0.05, 0.1) is 5.92 Å². The molecular formula is C8H12BaO4. The van der Waals surface area contributed by atoms with Crippen molar-refractivity contribution in [2.45, 2.75) is 19.3 Å². The van der Waals surface area contributed by atoms with Gasteiger partial charge in [-0.15, -0.1) is 0 Å². The molecule has 1 aliphatic rings. The maximum Gasteiger partial charge on any atom is 2.00 e. The van der Waals surface area contributed by atoms with E-state index < -0.39 is 17.9 Å². The second-order valence-corrected chi connectivity index (χ2v) is 2.79. The van der Waals surface area contributed by atoms with Crippen molar-refractivity contribution in [3.05, 3.63) is 11.6 Å². The zero-order chi connectivity index (χ0) is 9.14. The number of rotatable bonds is 2. The number of hydrogen-bond acceptors (Lipinski definition) is 2. The fourth-order valence-electron chi connectivity index (χ4n) is 1.37. The molecule has 0 saturated heterocycles. The Morgan fingerprint density at radius 2 is 2.08 bits per heavy atom. The summed E-state index contributed by atoms with van der Waals surface area (Å²) in [5.41, 5.74) is 0.0359. The topological polar surface area (TPSA) is 74.6 Å². The van der Waals surface area contributed by atoms with Crippen LogP contribution in [-0.4, -0.2) is 71.0 Å². The number of carboxylic acid groups (broad SMARTS) is 2. The van der Waals surface area contributed by atoms with Gasteiger partial charge in [-0.2, -0.15) is 0 Å². The summed E-state index contributed by atoms with van der Waals surface area (Å²) in [5.74, 6) is -2.96. The van der Waals surface area contributed by atoms with Crippen LogP contribution < -0.4 is 0 Å². The van der Waals surface area contributed by atoms with E-state index in [4.69, 9.17) is 10.2 Å². The van der Waals surface area contributed by atoms with E-state index in [1.807, 2.05) is 0 Å². The minimum Gasteiger partial charge on any atom is -1.00 e. The molecule has 4 nitrogen and oxygen atoms in total. The van der Waals surface area contributed by atoms with Gasteiger partial charge in [0.25, 0.3) is 0 Å². The van der Waals surface area contributed by atoms with Crippen LogP contribution >= 0.6 is 0 Å². The van der Waals surface area contributed by atoms with Crippen molar-refractivity contribution in [3.63, 3.8) is 0 Å². The first-order chi connectivity index (χ1) is 5.63. The van der Waals surface area contributed by atoms with Gasteiger partial charge in [0.2, 0.25) is 0 Å². The standard InChI is InChI=1S/C8H10O4.Ba.2H/c9-7(10)5-3-1-2-4-6(5)8(11)12;;;/h3,6H,1-2,4H2,(H,9,10)(H,11,12);;;/q;+2;2*-1. The van der Waals surface area contributed by atoms with Crippen LogP contribution in [-0.2, 0) is 9.59 Å². The average molecular weight is 310 g/mol. The van der Waals surface area contributed by atoms with Gasteiger partial charge in [0.15, 0.2) is 0 Å². The van der Waals surface area contributed by atoms with Crippen LogP contribution in [0.15, 0.2) is 11.6 Å². The molecule has 1 atom stereocenters. The average Bonchev–Trinajstić information content (AvgIpc) is 2.04. The number of carboxylic acids is 2. The summed E-state index contributed by atoms with van der Waals surface area (Å²) >= 11 is 0. The molecule has 0 amide bonds. The van der Waals surface area contributed by atoms with E-state index in [1.54, 1.807) is 0 Å². The van der Waals surface area contributed by atoms with Gasteiger partial charge in [0, 0.05) is 5.57 Å². The zero-order valence-corrected chi connectivity index (χ0v) is 11.6. The molecule has 0 fully saturated rings. The Morgan fingerprint density at radius 1 is 1.46 bits per heavy atom. The number of carbonyl (C=O) groups is 2. The van der Waals surface area contributed by atoms with Crippen molar-refractivity contribution in [3.8, 4) is 0 Å². The van der Waals surface area contributed by atoms with Crippen LogP contribution in [0.25, 0.3) is 0 Å². The van der Waals surface area contributed by atoms with Crippen molar-refractivity contribution in [1.82, 2.24) is 0 Å². The molecular weight excluding hydrogens is 297 g/mol. The molecule has 0 aromatic heterocycles. The van der Waals surface area contributed by atoms with E-state index in [0.29, 0.717) is 12.8 Å². The van der Waals surface area contributed by atoms with Crippen LogP contribution in [0.2, 0.25) is 0 Å². The van der Waals surface area contributed by atoms with E-state index in [0.717, 1.165) is 6.42 Å². The zero-order valence-electron chi connectivity index (χ0n) is 9.19. The van der Waals surface area contributed by atoms with Crippen molar-refractivity contribution >= 4 is 60.8 Å². The summed E-state index contributed by atoms with van der Waals surface area (Å²) in [7, 11) is 0. The van der Waals surface area contributed by atoms with E-state index >= 15 is 0 Å². The largest absolute Gasteiger partial charge is 2.00 e. The van der Waals surface area contributed by atoms with Gasteiger partial charge in [-0.3, -0.25) is 4.79 Å². The summed E-state index contributed by atoms with van der Waals surface area (Å²) in [4.78, 5) is 21.1. The molecule has 1 rings (SSSR count). The van der Waals surface area contributed by atoms with E-state index in [9.17, 15) is 9.59 Å². The Morgan fingerprint density at radius 3 is 2.46 bits per heavy atom. The smallest absolute Gasteiger partial charge is 1.00 e. The van der Waals surface area contributed by atoms with Crippen LogP contribution in [0.5, 0.6) is 0 Å². The number of hydrogen-bond donors (Lipinski definition) is 2. The first-order valence-electron chi connectivity index (χ1n) is 3.79. The fraction of sp³-hybridized carbons (Fsp3) is 0.500. The summed E-state index contributed by atoms with van der Waals surface area (Å²) in [5, 5.41) is 17.3. The van der Waals surface area contributed by atoms with Gasteiger partial charge in [-0.05, 0) is 19.3 Å². The van der Waals surface area contributed by atoms with Crippen LogP contribution in [0, 0.1) is 5.92 Å². The molecule has 5 heteroatoms. The number of allylic oxidation sites excluding steroid dienone is 1. The molecule has 1 unspecified atom stereocenters. The Bertz CT molecular complexity index is 255. The monoisotopic (exact) mass is 310 g/mol.